The van der Waals surface area contributed by atoms with Gasteiger partial charge in [0.05, 0.1) is 6.33 Å². The van der Waals surface area contributed by atoms with Crippen molar-refractivity contribution in [3.63, 3.8) is 0 Å². The van der Waals surface area contributed by atoms with Crippen LogP contribution in [-0.4, -0.2) is 57.3 Å². The van der Waals surface area contributed by atoms with Crippen molar-refractivity contribution in [2.24, 2.45) is 5.41 Å². The highest BCUT2D eigenvalue weighted by atomic mass is 16.2. The normalized spacial score (nSPS) is 22.4. The Hall–Kier alpha value is -1.85. The van der Waals surface area contributed by atoms with Crippen LogP contribution < -0.4 is 0 Å². The highest BCUT2D eigenvalue weighted by Gasteiger charge is 2.41. The maximum Gasteiger partial charge on any atom is 0.245 e. The topological polar surface area (TPSA) is 58.4 Å². The number of amides is 2. The molecule has 1 aromatic rings. The van der Waals surface area contributed by atoms with Gasteiger partial charge in [-0.3, -0.25) is 9.59 Å². The summed E-state index contributed by atoms with van der Waals surface area (Å²) >= 11 is 0. The van der Waals surface area contributed by atoms with E-state index in [-0.39, 0.29) is 23.3 Å². The van der Waals surface area contributed by atoms with Crippen LogP contribution in [0.25, 0.3) is 0 Å². The Morgan fingerprint density at radius 1 is 1.35 bits per heavy atom. The number of carbonyl (C=O) groups excluding carboxylic acids is 2. The molecule has 126 valence electrons. The number of imidazole rings is 1. The maximum atomic E-state index is 12.7. The molecule has 1 unspecified atom stereocenters. The zero-order valence-corrected chi connectivity index (χ0v) is 14.1. The Bertz CT molecular complexity index is 561. The second-order valence-corrected chi connectivity index (χ2v) is 6.92. The summed E-state index contributed by atoms with van der Waals surface area (Å²) in [4.78, 5) is 32.5. The summed E-state index contributed by atoms with van der Waals surface area (Å²) in [7, 11) is 0. The minimum Gasteiger partial charge on any atom is -0.342 e. The van der Waals surface area contributed by atoms with Gasteiger partial charge in [-0.1, -0.05) is 0 Å². The summed E-state index contributed by atoms with van der Waals surface area (Å²) in [6.45, 7) is 7.21. The molecule has 2 aliphatic heterocycles. The fourth-order valence-corrected chi connectivity index (χ4v) is 3.89. The Morgan fingerprint density at radius 3 is 2.70 bits per heavy atom. The van der Waals surface area contributed by atoms with Crippen LogP contribution >= 0.6 is 0 Å². The van der Waals surface area contributed by atoms with Crippen molar-refractivity contribution in [1.82, 2.24) is 19.4 Å². The Kier molecular flexibility index (Phi) is 4.41. The van der Waals surface area contributed by atoms with Gasteiger partial charge in [0.2, 0.25) is 11.8 Å². The van der Waals surface area contributed by atoms with Crippen LogP contribution in [0.2, 0.25) is 0 Å². The molecule has 0 bridgehead atoms. The summed E-state index contributed by atoms with van der Waals surface area (Å²) in [6, 6.07) is -0.202. The third-order valence-corrected chi connectivity index (χ3v) is 5.60. The second-order valence-electron chi connectivity index (χ2n) is 6.92. The predicted molar refractivity (Wildman–Crippen MR) is 86.7 cm³/mol. The van der Waals surface area contributed by atoms with Gasteiger partial charge < -0.3 is 14.4 Å². The third kappa shape index (κ3) is 3.12. The average molecular weight is 318 g/mol. The first-order valence-electron chi connectivity index (χ1n) is 8.59. The van der Waals surface area contributed by atoms with E-state index in [1.807, 2.05) is 34.4 Å². The Labute approximate surface area is 137 Å². The molecular formula is C17H26N4O2. The number of piperidine rings is 2. The Morgan fingerprint density at radius 2 is 2.09 bits per heavy atom. The van der Waals surface area contributed by atoms with Crippen LogP contribution in [0.1, 0.15) is 45.6 Å². The first-order valence-corrected chi connectivity index (χ1v) is 8.59. The van der Waals surface area contributed by atoms with Gasteiger partial charge in [0, 0.05) is 45.0 Å². The maximum absolute atomic E-state index is 12.7. The highest BCUT2D eigenvalue weighted by Crippen LogP contribution is 2.40. The zero-order chi connectivity index (χ0) is 16.4. The molecule has 0 N–H and O–H groups in total. The molecule has 6 nitrogen and oxygen atoms in total. The molecule has 2 saturated heterocycles. The zero-order valence-electron chi connectivity index (χ0n) is 14.1. The molecular weight excluding hydrogens is 292 g/mol. The first kappa shape index (κ1) is 16.0. The molecule has 1 aromatic heterocycles. The summed E-state index contributed by atoms with van der Waals surface area (Å²) in [5, 5.41) is 0. The molecule has 3 heterocycles. The molecule has 1 atom stereocenters. The fourth-order valence-electron chi connectivity index (χ4n) is 3.89. The van der Waals surface area contributed by atoms with Gasteiger partial charge >= 0.3 is 0 Å². The average Bonchev–Trinajstić information content (AvgIpc) is 3.11. The van der Waals surface area contributed by atoms with Crippen molar-refractivity contribution in [2.45, 2.75) is 45.6 Å². The quantitative estimate of drug-likeness (QED) is 0.852. The third-order valence-electron chi connectivity index (χ3n) is 5.60. The van der Waals surface area contributed by atoms with Crippen LogP contribution in [-0.2, 0) is 9.59 Å². The molecule has 0 radical (unpaired) electrons. The standard InChI is InChI=1S/C17H26N4O2/c1-3-19-12-17(5-4-15(19)22)6-9-20(10-7-17)16(23)14(2)21-11-8-18-13-21/h8,11,13-14H,3-7,9-10,12H2,1-2H3. The number of aromatic nitrogens is 2. The number of carbonyl (C=O) groups is 2. The van der Waals surface area contributed by atoms with Gasteiger partial charge in [-0.15, -0.1) is 0 Å². The lowest BCUT2D eigenvalue weighted by molar-refractivity contribution is -0.143. The van der Waals surface area contributed by atoms with Gasteiger partial charge in [-0.2, -0.15) is 0 Å². The molecule has 0 aromatic carbocycles. The molecule has 0 saturated carbocycles. The lowest BCUT2D eigenvalue weighted by atomic mass is 9.72. The molecule has 2 aliphatic rings. The van der Waals surface area contributed by atoms with E-state index in [1.165, 1.54) is 0 Å². The van der Waals surface area contributed by atoms with Crippen molar-refractivity contribution in [1.29, 1.82) is 0 Å². The number of likely N-dealkylation sites (tertiary alicyclic amines) is 2. The summed E-state index contributed by atoms with van der Waals surface area (Å²) in [5.41, 5.74) is 0.221. The Balaban J connectivity index is 1.60. The number of nitrogens with zero attached hydrogens (tertiary/aromatic N) is 4. The number of hydrogen-bond donors (Lipinski definition) is 0. The highest BCUT2D eigenvalue weighted by molar-refractivity contribution is 5.80. The van der Waals surface area contributed by atoms with Crippen LogP contribution in [0, 0.1) is 5.41 Å². The molecule has 1 spiro atoms. The lowest BCUT2D eigenvalue weighted by Gasteiger charge is -2.47. The predicted octanol–water partition coefficient (Wildman–Crippen LogP) is 1.70. The van der Waals surface area contributed by atoms with Gasteiger partial charge in [0.15, 0.2) is 0 Å². The van der Waals surface area contributed by atoms with E-state index in [4.69, 9.17) is 0 Å². The minimum atomic E-state index is -0.202. The molecule has 2 amide bonds. The molecule has 0 aliphatic carbocycles. The van der Waals surface area contributed by atoms with Crippen molar-refractivity contribution in [2.75, 3.05) is 26.2 Å². The minimum absolute atomic E-state index is 0.164. The largest absolute Gasteiger partial charge is 0.342 e. The summed E-state index contributed by atoms with van der Waals surface area (Å²) < 4.78 is 1.85. The van der Waals surface area contributed by atoms with E-state index in [9.17, 15) is 9.59 Å². The second kappa shape index (κ2) is 6.34. The SMILES string of the molecule is CCN1CC2(CCC1=O)CCN(C(=O)C(C)n1ccnc1)CC2. The van der Waals surface area contributed by atoms with Crippen LogP contribution in [0.3, 0.4) is 0 Å². The van der Waals surface area contributed by atoms with Gasteiger partial charge in [0.25, 0.3) is 0 Å². The van der Waals surface area contributed by atoms with Gasteiger partial charge in [0.1, 0.15) is 6.04 Å². The molecule has 23 heavy (non-hydrogen) atoms. The van der Waals surface area contributed by atoms with Gasteiger partial charge in [-0.25, -0.2) is 4.98 Å². The van der Waals surface area contributed by atoms with Crippen molar-refractivity contribution in [3.05, 3.63) is 18.7 Å². The van der Waals surface area contributed by atoms with Crippen molar-refractivity contribution < 1.29 is 9.59 Å². The van der Waals surface area contributed by atoms with Crippen molar-refractivity contribution in [3.8, 4) is 0 Å². The first-order chi connectivity index (χ1) is 11.0. The van der Waals surface area contributed by atoms with Crippen LogP contribution in [0.4, 0.5) is 0 Å². The molecule has 2 fully saturated rings. The lowest BCUT2D eigenvalue weighted by Crippen LogP contribution is -2.52. The monoisotopic (exact) mass is 318 g/mol. The van der Waals surface area contributed by atoms with E-state index in [0.717, 1.165) is 45.4 Å². The molecule has 6 heteroatoms. The van der Waals surface area contributed by atoms with E-state index >= 15 is 0 Å². The van der Waals surface area contributed by atoms with E-state index in [1.54, 1.807) is 12.5 Å². The van der Waals surface area contributed by atoms with Gasteiger partial charge in [-0.05, 0) is 38.5 Å². The summed E-state index contributed by atoms with van der Waals surface area (Å²) in [5.74, 6) is 0.447. The van der Waals surface area contributed by atoms with E-state index < -0.39 is 0 Å². The fraction of sp³-hybridized carbons (Fsp3) is 0.706. The number of hydrogen-bond acceptors (Lipinski definition) is 3. The summed E-state index contributed by atoms with van der Waals surface area (Å²) in [6.07, 6.45) is 8.86. The van der Waals surface area contributed by atoms with E-state index in [2.05, 4.69) is 4.98 Å². The van der Waals surface area contributed by atoms with Crippen LogP contribution in [0.15, 0.2) is 18.7 Å². The van der Waals surface area contributed by atoms with Crippen LogP contribution in [0.5, 0.6) is 0 Å². The molecule has 3 rings (SSSR count). The van der Waals surface area contributed by atoms with E-state index in [0.29, 0.717) is 6.42 Å². The van der Waals surface area contributed by atoms with Crippen molar-refractivity contribution >= 4 is 11.8 Å². The number of rotatable bonds is 3. The smallest absolute Gasteiger partial charge is 0.245 e.